The standard InChI is InChI=1S/C17H20Cl2N4OS/c1-11-8-16(21-17(25)20-9-12-4-3-7-24-12)22-23(11)10-13-14(18)5-2-6-15(13)19/h2,5-6,8,12H,3-4,7,9-10H2,1H3,(H2,20,21,22,25). The Morgan fingerprint density at radius 2 is 2.16 bits per heavy atom. The number of aryl methyl sites for hydroxylation is 1. The quantitative estimate of drug-likeness (QED) is 0.744. The van der Waals surface area contributed by atoms with Gasteiger partial charge in [-0.2, -0.15) is 5.10 Å². The summed E-state index contributed by atoms with van der Waals surface area (Å²) in [6.45, 7) is 4.02. The summed E-state index contributed by atoms with van der Waals surface area (Å²) in [5.41, 5.74) is 1.84. The first-order valence-corrected chi connectivity index (χ1v) is 9.33. The van der Waals surface area contributed by atoms with Crippen LogP contribution in [0.5, 0.6) is 0 Å². The number of anilines is 1. The van der Waals surface area contributed by atoms with E-state index in [0.717, 1.165) is 30.7 Å². The first kappa shape index (κ1) is 18.5. The molecule has 1 aliphatic heterocycles. The molecule has 0 saturated carbocycles. The van der Waals surface area contributed by atoms with Crippen LogP contribution >= 0.6 is 35.4 Å². The van der Waals surface area contributed by atoms with E-state index in [0.29, 0.717) is 34.1 Å². The normalized spacial score (nSPS) is 16.8. The Balaban J connectivity index is 1.61. The Labute approximate surface area is 162 Å². The number of rotatable bonds is 5. The highest BCUT2D eigenvalue weighted by Gasteiger charge is 2.16. The molecule has 0 spiro atoms. The number of aromatic nitrogens is 2. The number of nitrogens with zero attached hydrogens (tertiary/aromatic N) is 2. The Morgan fingerprint density at radius 1 is 1.40 bits per heavy atom. The van der Waals surface area contributed by atoms with Gasteiger partial charge in [-0.15, -0.1) is 0 Å². The summed E-state index contributed by atoms with van der Waals surface area (Å²) in [4.78, 5) is 0. The van der Waals surface area contributed by atoms with Gasteiger partial charge in [0.25, 0.3) is 0 Å². The molecule has 1 unspecified atom stereocenters. The maximum absolute atomic E-state index is 6.24. The highest BCUT2D eigenvalue weighted by Crippen LogP contribution is 2.25. The lowest BCUT2D eigenvalue weighted by atomic mass is 10.2. The second-order valence-corrected chi connectivity index (χ2v) is 7.22. The highest BCUT2D eigenvalue weighted by molar-refractivity contribution is 7.80. The molecule has 0 radical (unpaired) electrons. The largest absolute Gasteiger partial charge is 0.376 e. The van der Waals surface area contributed by atoms with Crippen molar-refractivity contribution >= 4 is 46.4 Å². The van der Waals surface area contributed by atoms with Crippen LogP contribution in [-0.2, 0) is 11.3 Å². The maximum Gasteiger partial charge on any atom is 0.172 e. The molecule has 25 heavy (non-hydrogen) atoms. The van der Waals surface area contributed by atoms with Crippen LogP contribution in [0.4, 0.5) is 5.82 Å². The SMILES string of the molecule is Cc1cc(NC(=S)NCC2CCCO2)nn1Cc1c(Cl)cccc1Cl. The van der Waals surface area contributed by atoms with Crippen molar-refractivity contribution in [3.8, 4) is 0 Å². The lowest BCUT2D eigenvalue weighted by molar-refractivity contribution is 0.114. The molecule has 0 amide bonds. The molecule has 1 fully saturated rings. The van der Waals surface area contributed by atoms with Gasteiger partial charge in [0, 0.05) is 40.5 Å². The molecule has 0 aliphatic carbocycles. The molecule has 5 nitrogen and oxygen atoms in total. The van der Waals surface area contributed by atoms with Crippen molar-refractivity contribution < 1.29 is 4.74 Å². The molecular formula is C17H20Cl2N4OS. The number of hydrogen-bond acceptors (Lipinski definition) is 3. The van der Waals surface area contributed by atoms with Crippen molar-refractivity contribution in [2.24, 2.45) is 0 Å². The van der Waals surface area contributed by atoms with Gasteiger partial charge in [0.15, 0.2) is 10.9 Å². The third-order valence-electron chi connectivity index (χ3n) is 4.11. The number of hydrogen-bond donors (Lipinski definition) is 2. The minimum atomic E-state index is 0.237. The van der Waals surface area contributed by atoms with Crippen LogP contribution in [-0.4, -0.2) is 34.1 Å². The van der Waals surface area contributed by atoms with Crippen molar-refractivity contribution in [2.45, 2.75) is 32.4 Å². The van der Waals surface area contributed by atoms with Gasteiger partial charge < -0.3 is 15.4 Å². The summed E-state index contributed by atoms with van der Waals surface area (Å²) in [6, 6.07) is 7.41. The second kappa shape index (κ2) is 8.36. The van der Waals surface area contributed by atoms with Gasteiger partial charge in [0.1, 0.15) is 0 Å². The van der Waals surface area contributed by atoms with Crippen LogP contribution in [0.1, 0.15) is 24.1 Å². The summed E-state index contributed by atoms with van der Waals surface area (Å²) in [5, 5.41) is 12.6. The molecule has 2 aromatic rings. The number of ether oxygens (including phenoxy) is 1. The summed E-state index contributed by atoms with van der Waals surface area (Å²) >= 11 is 17.8. The van der Waals surface area contributed by atoms with Crippen molar-refractivity contribution in [1.82, 2.24) is 15.1 Å². The first-order valence-electron chi connectivity index (χ1n) is 8.16. The zero-order valence-corrected chi connectivity index (χ0v) is 16.2. The fourth-order valence-corrected chi connectivity index (χ4v) is 3.44. The van der Waals surface area contributed by atoms with E-state index in [2.05, 4.69) is 15.7 Å². The fraction of sp³-hybridized carbons (Fsp3) is 0.412. The third kappa shape index (κ3) is 4.85. The van der Waals surface area contributed by atoms with Gasteiger partial charge in [-0.05, 0) is 44.1 Å². The second-order valence-electron chi connectivity index (χ2n) is 6.00. The van der Waals surface area contributed by atoms with E-state index in [1.807, 2.05) is 35.9 Å². The zero-order valence-electron chi connectivity index (χ0n) is 13.9. The maximum atomic E-state index is 6.24. The predicted molar refractivity (Wildman–Crippen MR) is 106 cm³/mol. The topological polar surface area (TPSA) is 51.1 Å². The molecule has 1 saturated heterocycles. The molecule has 1 aromatic heterocycles. The number of thiocarbonyl (C=S) groups is 1. The Bertz CT molecular complexity index is 739. The Hall–Kier alpha value is -1.34. The van der Waals surface area contributed by atoms with E-state index in [1.165, 1.54) is 0 Å². The summed E-state index contributed by atoms with van der Waals surface area (Å²) in [5.74, 6) is 0.686. The van der Waals surface area contributed by atoms with E-state index >= 15 is 0 Å². The Morgan fingerprint density at radius 3 is 2.84 bits per heavy atom. The molecule has 2 N–H and O–H groups in total. The smallest absolute Gasteiger partial charge is 0.172 e. The molecule has 8 heteroatoms. The van der Waals surface area contributed by atoms with Gasteiger partial charge in [0.05, 0.1) is 12.6 Å². The molecule has 3 rings (SSSR count). The lowest BCUT2D eigenvalue weighted by Gasteiger charge is -2.12. The van der Waals surface area contributed by atoms with Crippen molar-refractivity contribution in [3.05, 3.63) is 45.6 Å². The third-order valence-corrected chi connectivity index (χ3v) is 5.06. The van der Waals surface area contributed by atoms with Crippen LogP contribution in [0.15, 0.2) is 24.3 Å². The molecular weight excluding hydrogens is 379 g/mol. The zero-order chi connectivity index (χ0) is 17.8. The van der Waals surface area contributed by atoms with Crippen molar-refractivity contribution in [1.29, 1.82) is 0 Å². The molecule has 1 aliphatic rings. The first-order chi connectivity index (χ1) is 12.0. The molecule has 134 valence electrons. The molecule has 1 atom stereocenters. The molecule has 2 heterocycles. The minimum Gasteiger partial charge on any atom is -0.376 e. The van der Waals surface area contributed by atoms with Crippen LogP contribution in [0.3, 0.4) is 0 Å². The summed E-state index contributed by atoms with van der Waals surface area (Å²) in [6.07, 6.45) is 2.42. The van der Waals surface area contributed by atoms with Crippen LogP contribution < -0.4 is 10.6 Å². The van der Waals surface area contributed by atoms with E-state index < -0.39 is 0 Å². The number of benzene rings is 1. The number of nitrogens with one attached hydrogen (secondary N) is 2. The average Bonchev–Trinajstić information content (AvgIpc) is 3.19. The predicted octanol–water partition coefficient (Wildman–Crippen LogP) is 4.01. The van der Waals surface area contributed by atoms with Crippen molar-refractivity contribution in [2.75, 3.05) is 18.5 Å². The minimum absolute atomic E-state index is 0.237. The van der Waals surface area contributed by atoms with Gasteiger partial charge >= 0.3 is 0 Å². The van der Waals surface area contributed by atoms with Crippen molar-refractivity contribution in [3.63, 3.8) is 0 Å². The highest BCUT2D eigenvalue weighted by atomic mass is 35.5. The Kier molecular flexibility index (Phi) is 6.17. The van der Waals surface area contributed by atoms with Crippen LogP contribution in [0, 0.1) is 6.92 Å². The average molecular weight is 399 g/mol. The van der Waals surface area contributed by atoms with Gasteiger partial charge in [-0.1, -0.05) is 29.3 Å². The monoisotopic (exact) mass is 398 g/mol. The van der Waals surface area contributed by atoms with E-state index in [9.17, 15) is 0 Å². The van der Waals surface area contributed by atoms with E-state index in [4.69, 9.17) is 40.2 Å². The van der Waals surface area contributed by atoms with Gasteiger partial charge in [-0.3, -0.25) is 4.68 Å². The van der Waals surface area contributed by atoms with E-state index in [-0.39, 0.29) is 6.10 Å². The van der Waals surface area contributed by atoms with Gasteiger partial charge in [0.2, 0.25) is 0 Å². The van der Waals surface area contributed by atoms with Gasteiger partial charge in [-0.25, -0.2) is 0 Å². The van der Waals surface area contributed by atoms with Crippen LogP contribution in [0.25, 0.3) is 0 Å². The van der Waals surface area contributed by atoms with Crippen LogP contribution in [0.2, 0.25) is 10.0 Å². The molecule has 1 aromatic carbocycles. The molecule has 0 bridgehead atoms. The van der Waals surface area contributed by atoms with E-state index in [1.54, 1.807) is 0 Å². The lowest BCUT2D eigenvalue weighted by Crippen LogP contribution is -2.34. The fourth-order valence-electron chi connectivity index (χ4n) is 2.74. The summed E-state index contributed by atoms with van der Waals surface area (Å²) < 4.78 is 7.42. The summed E-state index contributed by atoms with van der Waals surface area (Å²) in [7, 11) is 0. The number of halogens is 2.